The van der Waals surface area contributed by atoms with Gasteiger partial charge in [-0.1, -0.05) is 49.6 Å². The molecule has 1 atom stereocenters. The van der Waals surface area contributed by atoms with E-state index in [4.69, 9.17) is 5.73 Å². The maximum absolute atomic E-state index is 12.5. The second-order valence-electron chi connectivity index (χ2n) is 5.68. The van der Waals surface area contributed by atoms with Crippen molar-refractivity contribution in [1.29, 1.82) is 0 Å². The van der Waals surface area contributed by atoms with E-state index in [0.717, 1.165) is 32.1 Å². The number of carbonyl (C=O) groups is 1. The highest BCUT2D eigenvalue weighted by Gasteiger charge is 2.31. The maximum atomic E-state index is 12.5. The minimum absolute atomic E-state index is 0.0180. The molecule has 1 aromatic rings. The summed E-state index contributed by atoms with van der Waals surface area (Å²) in [6.45, 7) is 0. The van der Waals surface area contributed by atoms with Crippen molar-refractivity contribution in [1.82, 2.24) is 9.03 Å². The second kappa shape index (κ2) is 7.21. The van der Waals surface area contributed by atoms with Gasteiger partial charge in [0, 0.05) is 13.1 Å². The van der Waals surface area contributed by atoms with Crippen LogP contribution in [-0.4, -0.2) is 31.7 Å². The van der Waals surface area contributed by atoms with Crippen molar-refractivity contribution < 1.29 is 13.2 Å². The van der Waals surface area contributed by atoms with Crippen molar-refractivity contribution >= 4 is 16.1 Å². The van der Waals surface area contributed by atoms with E-state index in [-0.39, 0.29) is 6.04 Å². The Bertz CT molecular complexity index is 598. The van der Waals surface area contributed by atoms with Gasteiger partial charge in [0.15, 0.2) is 0 Å². The van der Waals surface area contributed by atoms with E-state index in [1.165, 1.54) is 4.31 Å². The molecule has 1 fully saturated rings. The van der Waals surface area contributed by atoms with E-state index in [9.17, 15) is 13.2 Å². The molecule has 7 heteroatoms. The van der Waals surface area contributed by atoms with Crippen LogP contribution in [0, 0.1) is 0 Å². The normalized spacial score (nSPS) is 18.3. The van der Waals surface area contributed by atoms with Gasteiger partial charge >= 0.3 is 0 Å². The number of hydrogen-bond donors (Lipinski definition) is 2. The average Bonchev–Trinajstić information content (AvgIpc) is 2.53. The van der Waals surface area contributed by atoms with Gasteiger partial charge in [-0.05, 0) is 18.4 Å². The molecule has 0 radical (unpaired) electrons. The van der Waals surface area contributed by atoms with Crippen LogP contribution < -0.4 is 10.5 Å². The summed E-state index contributed by atoms with van der Waals surface area (Å²) in [7, 11) is -2.21. The predicted molar refractivity (Wildman–Crippen MR) is 85.1 cm³/mol. The molecule has 0 heterocycles. The van der Waals surface area contributed by atoms with Gasteiger partial charge in [0.2, 0.25) is 5.91 Å². The summed E-state index contributed by atoms with van der Waals surface area (Å²) in [5, 5.41) is 0. The molecule has 2 rings (SSSR count). The summed E-state index contributed by atoms with van der Waals surface area (Å²) in [6.07, 6.45) is 4.91. The van der Waals surface area contributed by atoms with E-state index in [2.05, 4.69) is 4.72 Å². The number of primary amides is 1. The van der Waals surface area contributed by atoms with Crippen LogP contribution in [0.15, 0.2) is 30.3 Å². The fraction of sp³-hybridized carbons (Fsp3) is 0.533. The van der Waals surface area contributed by atoms with E-state index >= 15 is 0 Å². The van der Waals surface area contributed by atoms with Crippen LogP contribution in [0.1, 0.15) is 43.7 Å². The lowest BCUT2D eigenvalue weighted by atomic mass is 9.96. The lowest BCUT2D eigenvalue weighted by Crippen LogP contribution is -2.48. The number of nitrogens with zero attached hydrogens (tertiary/aromatic N) is 1. The zero-order valence-corrected chi connectivity index (χ0v) is 13.6. The average molecular weight is 325 g/mol. The number of hydrogen-bond acceptors (Lipinski definition) is 3. The zero-order chi connectivity index (χ0) is 16.2. The molecule has 6 nitrogen and oxygen atoms in total. The summed E-state index contributed by atoms with van der Waals surface area (Å²) in [5.74, 6) is -0.716. The monoisotopic (exact) mass is 325 g/mol. The van der Waals surface area contributed by atoms with Gasteiger partial charge in [-0.2, -0.15) is 17.4 Å². The highest BCUT2D eigenvalue weighted by atomic mass is 32.2. The Morgan fingerprint density at radius 1 is 1.23 bits per heavy atom. The minimum Gasteiger partial charge on any atom is -0.368 e. The van der Waals surface area contributed by atoms with Crippen LogP contribution in [0.2, 0.25) is 0 Å². The first-order valence-electron chi connectivity index (χ1n) is 7.51. The third-order valence-corrected chi connectivity index (χ3v) is 5.74. The fourth-order valence-electron chi connectivity index (χ4n) is 2.81. The molecule has 0 unspecified atom stereocenters. The summed E-state index contributed by atoms with van der Waals surface area (Å²) in [4.78, 5) is 11.7. The van der Waals surface area contributed by atoms with Gasteiger partial charge in [0.05, 0.1) is 0 Å². The van der Waals surface area contributed by atoms with E-state index in [0.29, 0.717) is 5.56 Å². The van der Waals surface area contributed by atoms with Gasteiger partial charge < -0.3 is 5.73 Å². The molecule has 3 N–H and O–H groups in total. The quantitative estimate of drug-likeness (QED) is 0.826. The van der Waals surface area contributed by atoms with E-state index in [1.807, 2.05) is 0 Å². The van der Waals surface area contributed by atoms with Crippen molar-refractivity contribution in [2.45, 2.75) is 44.2 Å². The van der Waals surface area contributed by atoms with Crippen molar-refractivity contribution in [2.75, 3.05) is 7.05 Å². The highest BCUT2D eigenvalue weighted by Crippen LogP contribution is 2.24. The molecule has 122 valence electrons. The zero-order valence-electron chi connectivity index (χ0n) is 12.7. The van der Waals surface area contributed by atoms with E-state index in [1.54, 1.807) is 37.4 Å². The van der Waals surface area contributed by atoms with Crippen LogP contribution in [-0.2, 0) is 15.0 Å². The molecule has 0 bridgehead atoms. The molecule has 0 saturated heterocycles. The standard InChI is InChI=1S/C15H23N3O3S/c1-18(13-10-6-3-7-11-13)22(20,21)17-14(15(16)19)12-8-4-2-5-9-12/h2,4-5,8-9,13-14,17H,3,6-7,10-11H2,1H3,(H2,16,19)/t14-/m0/s1. The van der Waals surface area contributed by atoms with Gasteiger partial charge in [-0.25, -0.2) is 0 Å². The number of carbonyl (C=O) groups excluding carboxylic acids is 1. The number of benzene rings is 1. The molecule has 1 amide bonds. The first-order chi connectivity index (χ1) is 10.4. The Labute approximate surface area is 131 Å². The third kappa shape index (κ3) is 4.06. The number of nitrogens with two attached hydrogens (primary N) is 1. The van der Waals surface area contributed by atoms with Crippen LogP contribution in [0.5, 0.6) is 0 Å². The summed E-state index contributed by atoms with van der Waals surface area (Å²) in [6, 6.07) is 7.56. The molecule has 1 aromatic carbocycles. The smallest absolute Gasteiger partial charge is 0.280 e. The van der Waals surface area contributed by atoms with E-state index < -0.39 is 22.2 Å². The first kappa shape index (κ1) is 16.9. The summed E-state index contributed by atoms with van der Waals surface area (Å²) < 4.78 is 28.8. The maximum Gasteiger partial charge on any atom is 0.280 e. The van der Waals surface area contributed by atoms with Crippen molar-refractivity contribution in [3.63, 3.8) is 0 Å². The molecular weight excluding hydrogens is 302 g/mol. The lowest BCUT2D eigenvalue weighted by Gasteiger charge is -2.31. The Morgan fingerprint density at radius 3 is 2.36 bits per heavy atom. The molecule has 1 saturated carbocycles. The number of amides is 1. The molecule has 1 aliphatic carbocycles. The third-order valence-electron chi connectivity index (χ3n) is 4.15. The topological polar surface area (TPSA) is 92.5 Å². The first-order valence-corrected chi connectivity index (χ1v) is 8.95. The second-order valence-corrected chi connectivity index (χ2v) is 7.44. The van der Waals surface area contributed by atoms with Crippen LogP contribution in [0.3, 0.4) is 0 Å². The molecule has 0 aromatic heterocycles. The van der Waals surface area contributed by atoms with Crippen LogP contribution >= 0.6 is 0 Å². The Morgan fingerprint density at radius 2 is 1.82 bits per heavy atom. The SMILES string of the molecule is CN(C1CCCCC1)S(=O)(=O)N[C@H](C(N)=O)c1ccccc1. The van der Waals surface area contributed by atoms with Crippen molar-refractivity contribution in [3.8, 4) is 0 Å². The van der Waals surface area contributed by atoms with Gasteiger partial charge in [-0.15, -0.1) is 0 Å². The summed E-state index contributed by atoms with van der Waals surface area (Å²) in [5.41, 5.74) is 5.91. The molecule has 0 aliphatic heterocycles. The molecule has 22 heavy (non-hydrogen) atoms. The van der Waals surface area contributed by atoms with Crippen LogP contribution in [0.25, 0.3) is 0 Å². The summed E-state index contributed by atoms with van der Waals surface area (Å²) >= 11 is 0. The van der Waals surface area contributed by atoms with Crippen molar-refractivity contribution in [2.24, 2.45) is 5.73 Å². The highest BCUT2D eigenvalue weighted by molar-refractivity contribution is 7.87. The van der Waals surface area contributed by atoms with Crippen molar-refractivity contribution in [3.05, 3.63) is 35.9 Å². The Hall–Kier alpha value is -1.44. The fourth-order valence-corrected chi connectivity index (χ4v) is 4.13. The van der Waals surface area contributed by atoms with Gasteiger partial charge in [0.1, 0.15) is 6.04 Å². The molecule has 0 spiro atoms. The molecule has 1 aliphatic rings. The minimum atomic E-state index is -3.77. The Balaban J connectivity index is 2.16. The lowest BCUT2D eigenvalue weighted by molar-refractivity contribution is -0.119. The number of rotatable bonds is 6. The van der Waals surface area contributed by atoms with Gasteiger partial charge in [0.25, 0.3) is 10.2 Å². The number of nitrogens with one attached hydrogen (secondary N) is 1. The largest absolute Gasteiger partial charge is 0.368 e. The Kier molecular flexibility index (Phi) is 5.55. The predicted octanol–water partition coefficient (Wildman–Crippen LogP) is 1.31. The van der Waals surface area contributed by atoms with Crippen LogP contribution in [0.4, 0.5) is 0 Å². The molecular formula is C15H23N3O3S. The van der Waals surface area contributed by atoms with Gasteiger partial charge in [-0.3, -0.25) is 4.79 Å².